The van der Waals surface area contributed by atoms with Crippen molar-refractivity contribution in [2.24, 2.45) is 0 Å². The number of nitrogens with zero attached hydrogens (tertiary/aromatic N) is 3. The van der Waals surface area contributed by atoms with E-state index in [4.69, 9.17) is 4.42 Å². The highest BCUT2D eigenvalue weighted by molar-refractivity contribution is 5.90. The van der Waals surface area contributed by atoms with Crippen molar-refractivity contribution in [1.29, 1.82) is 0 Å². The Morgan fingerprint density at radius 2 is 1.90 bits per heavy atom. The highest BCUT2D eigenvalue weighted by Crippen LogP contribution is 2.31. The van der Waals surface area contributed by atoms with Gasteiger partial charge in [0.15, 0.2) is 5.76 Å². The first-order valence-corrected chi connectivity index (χ1v) is 9.19. The normalized spacial score (nSPS) is 11.9. The predicted octanol–water partition coefficient (Wildman–Crippen LogP) is 3.50. The van der Waals surface area contributed by atoms with E-state index in [1.807, 2.05) is 0 Å². The fourth-order valence-corrected chi connectivity index (χ4v) is 2.99. The van der Waals surface area contributed by atoms with Gasteiger partial charge >= 0.3 is 12.1 Å². The van der Waals surface area contributed by atoms with Crippen molar-refractivity contribution in [3.63, 3.8) is 0 Å². The maximum absolute atomic E-state index is 12.8. The minimum absolute atomic E-state index is 0.109. The molecule has 0 aliphatic carbocycles. The van der Waals surface area contributed by atoms with E-state index < -0.39 is 23.2 Å². The quantitative estimate of drug-likeness (QED) is 0.515. The highest BCUT2D eigenvalue weighted by Gasteiger charge is 2.30. The molecule has 0 saturated carbocycles. The maximum atomic E-state index is 12.8. The number of nitrogens with one attached hydrogen (secondary N) is 2. The van der Waals surface area contributed by atoms with Crippen LogP contribution in [0.15, 0.2) is 51.9 Å². The van der Waals surface area contributed by atoms with Gasteiger partial charge in [-0.1, -0.05) is 12.1 Å². The summed E-state index contributed by atoms with van der Waals surface area (Å²) in [6.07, 6.45) is -1.76. The first-order chi connectivity index (χ1) is 14.6. The number of oxazole rings is 1. The van der Waals surface area contributed by atoms with E-state index in [1.165, 1.54) is 30.6 Å². The number of amides is 1. The Bertz CT molecular complexity index is 1320. The molecule has 160 valence electrons. The second-order valence-electron chi connectivity index (χ2n) is 7.07. The van der Waals surface area contributed by atoms with Gasteiger partial charge in [0, 0.05) is 12.1 Å². The summed E-state index contributed by atoms with van der Waals surface area (Å²) in [5.41, 5.74) is 0.00155. The van der Waals surface area contributed by atoms with E-state index in [1.54, 1.807) is 13.8 Å². The van der Waals surface area contributed by atoms with Gasteiger partial charge in [0.2, 0.25) is 0 Å². The molecule has 4 rings (SSSR count). The lowest BCUT2D eigenvalue weighted by Crippen LogP contribution is -2.30. The molecule has 0 saturated heterocycles. The van der Waals surface area contributed by atoms with Crippen LogP contribution in [0, 0.1) is 0 Å². The number of hydrogen-bond acceptors (Lipinski definition) is 5. The number of alkyl halides is 3. The summed E-state index contributed by atoms with van der Waals surface area (Å²) in [5.74, 6) is -0.440. The fourth-order valence-electron chi connectivity index (χ4n) is 2.99. The Kier molecular flexibility index (Phi) is 4.88. The molecule has 2 N–H and O–H groups in total. The van der Waals surface area contributed by atoms with Crippen LogP contribution in [0.25, 0.3) is 28.2 Å². The van der Waals surface area contributed by atoms with Crippen molar-refractivity contribution in [3.8, 4) is 22.6 Å². The van der Waals surface area contributed by atoms with Crippen molar-refractivity contribution in [2.45, 2.75) is 26.1 Å². The first kappa shape index (κ1) is 20.4. The summed E-state index contributed by atoms with van der Waals surface area (Å²) in [5, 5.41) is 6.67. The summed E-state index contributed by atoms with van der Waals surface area (Å²) in [6, 6.07) is 5.53. The standard InChI is InChI=1S/C20H16F3N5O3/c1-10(2)26-18(30)19-24-9-15(31-19)13-8-25-28-16(29)7-14(27-17(13)28)11-3-5-12(6-4-11)20(21,22)23/h3-10,27H,1-2H3,(H,26,30). The molecule has 0 spiro atoms. The molecular formula is C20H16F3N5O3. The number of carbonyl (C=O) groups excluding carboxylic acids is 1. The molecular weight excluding hydrogens is 415 g/mol. The number of aromatic amines is 1. The number of benzene rings is 1. The van der Waals surface area contributed by atoms with Gasteiger partial charge in [-0.05, 0) is 31.5 Å². The highest BCUT2D eigenvalue weighted by atomic mass is 19.4. The molecule has 0 aliphatic heterocycles. The Morgan fingerprint density at radius 1 is 1.19 bits per heavy atom. The predicted molar refractivity (Wildman–Crippen MR) is 104 cm³/mol. The van der Waals surface area contributed by atoms with Gasteiger partial charge in [-0.3, -0.25) is 9.59 Å². The lowest BCUT2D eigenvalue weighted by Gasteiger charge is -2.08. The summed E-state index contributed by atoms with van der Waals surface area (Å²) in [4.78, 5) is 31.5. The van der Waals surface area contributed by atoms with E-state index in [-0.39, 0.29) is 23.3 Å². The average Bonchev–Trinajstić information content (AvgIpc) is 3.34. The molecule has 3 aromatic heterocycles. The monoisotopic (exact) mass is 431 g/mol. The van der Waals surface area contributed by atoms with Gasteiger partial charge in [0.25, 0.3) is 11.4 Å². The Hall–Kier alpha value is -3.89. The van der Waals surface area contributed by atoms with Crippen LogP contribution in [0.5, 0.6) is 0 Å². The molecule has 0 radical (unpaired) electrons. The Morgan fingerprint density at radius 3 is 2.55 bits per heavy atom. The lowest BCUT2D eigenvalue weighted by atomic mass is 10.1. The number of hydrogen-bond donors (Lipinski definition) is 2. The van der Waals surface area contributed by atoms with Gasteiger partial charge in [0.05, 0.1) is 29.2 Å². The number of H-pyrrole nitrogens is 1. The topological polar surface area (TPSA) is 105 Å². The largest absolute Gasteiger partial charge is 0.432 e. The molecule has 1 amide bonds. The summed E-state index contributed by atoms with van der Waals surface area (Å²) < 4.78 is 45.0. The molecule has 3 heterocycles. The van der Waals surface area contributed by atoms with Crippen molar-refractivity contribution < 1.29 is 22.4 Å². The zero-order chi connectivity index (χ0) is 22.3. The number of carbonyl (C=O) groups is 1. The smallest absolute Gasteiger partial charge is 0.416 e. The van der Waals surface area contributed by atoms with Crippen LogP contribution in [-0.2, 0) is 6.18 Å². The van der Waals surface area contributed by atoms with Gasteiger partial charge < -0.3 is 14.7 Å². The van der Waals surface area contributed by atoms with Gasteiger partial charge in [-0.25, -0.2) is 4.98 Å². The van der Waals surface area contributed by atoms with Crippen molar-refractivity contribution in [2.75, 3.05) is 0 Å². The third-order valence-electron chi connectivity index (χ3n) is 4.41. The lowest BCUT2D eigenvalue weighted by molar-refractivity contribution is -0.137. The van der Waals surface area contributed by atoms with Crippen molar-refractivity contribution in [1.82, 2.24) is 24.9 Å². The van der Waals surface area contributed by atoms with Crippen LogP contribution in [0.4, 0.5) is 13.2 Å². The van der Waals surface area contributed by atoms with Crippen LogP contribution in [0.3, 0.4) is 0 Å². The van der Waals surface area contributed by atoms with Crippen molar-refractivity contribution in [3.05, 3.63) is 64.5 Å². The second kappa shape index (κ2) is 7.42. The number of halogens is 3. The average molecular weight is 431 g/mol. The minimum Gasteiger partial charge on any atom is -0.432 e. The molecule has 1 aromatic carbocycles. The molecule has 8 nitrogen and oxygen atoms in total. The number of fused-ring (bicyclic) bond motifs is 1. The van der Waals surface area contributed by atoms with Gasteiger partial charge in [-0.2, -0.15) is 22.8 Å². The van der Waals surface area contributed by atoms with Crippen molar-refractivity contribution >= 4 is 11.6 Å². The third kappa shape index (κ3) is 3.93. The van der Waals surface area contributed by atoms with E-state index in [0.717, 1.165) is 16.6 Å². The zero-order valence-electron chi connectivity index (χ0n) is 16.3. The summed E-state index contributed by atoms with van der Waals surface area (Å²) >= 11 is 0. The first-order valence-electron chi connectivity index (χ1n) is 9.19. The van der Waals surface area contributed by atoms with Crippen LogP contribution in [0.1, 0.15) is 30.1 Å². The van der Waals surface area contributed by atoms with E-state index in [0.29, 0.717) is 16.8 Å². The Balaban J connectivity index is 1.75. The number of aromatic nitrogens is 4. The minimum atomic E-state index is -4.46. The van der Waals surface area contributed by atoms with E-state index in [2.05, 4.69) is 20.4 Å². The van der Waals surface area contributed by atoms with Crippen LogP contribution >= 0.6 is 0 Å². The summed E-state index contributed by atoms with van der Waals surface area (Å²) in [6.45, 7) is 3.58. The second-order valence-corrected chi connectivity index (χ2v) is 7.07. The van der Waals surface area contributed by atoms with Crippen LogP contribution in [-0.4, -0.2) is 31.5 Å². The van der Waals surface area contributed by atoms with Gasteiger partial charge in [0.1, 0.15) is 5.65 Å². The van der Waals surface area contributed by atoms with Gasteiger partial charge in [-0.15, -0.1) is 0 Å². The molecule has 0 bridgehead atoms. The zero-order valence-corrected chi connectivity index (χ0v) is 16.3. The summed E-state index contributed by atoms with van der Waals surface area (Å²) in [7, 11) is 0. The SMILES string of the molecule is CC(C)NC(=O)c1ncc(-c2cnn3c(=O)cc(-c4ccc(C(F)(F)F)cc4)[nH]c23)o1. The molecule has 31 heavy (non-hydrogen) atoms. The third-order valence-corrected chi connectivity index (χ3v) is 4.41. The Labute approximate surface area is 172 Å². The van der Waals surface area contributed by atoms with Crippen LogP contribution in [0.2, 0.25) is 0 Å². The molecule has 0 unspecified atom stereocenters. The molecule has 11 heteroatoms. The maximum Gasteiger partial charge on any atom is 0.416 e. The van der Waals surface area contributed by atoms with Crippen LogP contribution < -0.4 is 10.9 Å². The van der Waals surface area contributed by atoms with E-state index in [9.17, 15) is 22.8 Å². The molecule has 0 fully saturated rings. The molecule has 4 aromatic rings. The number of rotatable bonds is 4. The fraction of sp³-hybridized carbons (Fsp3) is 0.200. The molecule has 0 aliphatic rings. The molecule has 0 atom stereocenters. The van der Waals surface area contributed by atoms with E-state index >= 15 is 0 Å².